The number of nitrogens with one attached hydrogen (secondary N) is 1. The van der Waals surface area contributed by atoms with Gasteiger partial charge in [0.25, 0.3) is 0 Å². The number of fused-ring (bicyclic) bond motifs is 1. The molecule has 1 fully saturated rings. The van der Waals surface area contributed by atoms with Crippen molar-refractivity contribution in [2.45, 2.75) is 37.6 Å². The van der Waals surface area contributed by atoms with Gasteiger partial charge in [0.05, 0.1) is 20.3 Å². The van der Waals surface area contributed by atoms with Crippen LogP contribution in [0.1, 0.15) is 17.6 Å². The number of benzene rings is 1. The van der Waals surface area contributed by atoms with Gasteiger partial charge in [0.2, 0.25) is 12.0 Å². The molecule has 4 rings (SSSR count). The van der Waals surface area contributed by atoms with Crippen molar-refractivity contribution in [1.82, 2.24) is 9.55 Å². The number of carbonyl (C=O) groups excluding carboxylic acids is 1. The van der Waals surface area contributed by atoms with Crippen LogP contribution < -0.4 is 15.7 Å². The van der Waals surface area contributed by atoms with E-state index in [1.165, 1.54) is 19.2 Å². The fourth-order valence-corrected chi connectivity index (χ4v) is 3.69. The van der Waals surface area contributed by atoms with Gasteiger partial charge in [-0.3, -0.25) is 9.88 Å². The third-order valence-corrected chi connectivity index (χ3v) is 5.46. The molecule has 0 radical (unpaired) electrons. The molecule has 13 nitrogen and oxygen atoms in total. The maximum atomic E-state index is 14.3. The van der Waals surface area contributed by atoms with Gasteiger partial charge in [-0.25, -0.2) is 9.59 Å². The molecule has 1 aromatic carbocycles. The number of rotatable bonds is 7. The van der Waals surface area contributed by atoms with Gasteiger partial charge >= 0.3 is 17.7 Å². The average molecular weight is 513 g/mol. The molecule has 3 aromatic rings. The van der Waals surface area contributed by atoms with Crippen LogP contribution in [-0.4, -0.2) is 67.9 Å². The Bertz CT molecular complexity index is 1340. The summed E-state index contributed by atoms with van der Waals surface area (Å²) >= 11 is 0. The van der Waals surface area contributed by atoms with E-state index in [0.717, 1.165) is 12.3 Å². The number of ether oxygens (including phenoxy) is 3. The SMILES string of the molecule is COc1c(O)c(CO)cc2cc(COC(=O)Nc3ccn([C@@H]4O[C@H](CO)[C@@H](O)C4(F)F)c(=O)n3)oc12. The maximum absolute atomic E-state index is 14.3. The summed E-state index contributed by atoms with van der Waals surface area (Å²) < 4.78 is 49.5. The topological polar surface area (TPSA) is 186 Å². The van der Waals surface area contributed by atoms with E-state index in [1.54, 1.807) is 0 Å². The van der Waals surface area contributed by atoms with E-state index < -0.39 is 49.4 Å². The van der Waals surface area contributed by atoms with Gasteiger partial charge in [0, 0.05) is 17.1 Å². The first-order valence-electron chi connectivity index (χ1n) is 10.4. The van der Waals surface area contributed by atoms with E-state index in [0.29, 0.717) is 9.95 Å². The van der Waals surface area contributed by atoms with Gasteiger partial charge in [-0.2, -0.15) is 13.8 Å². The zero-order chi connectivity index (χ0) is 26.2. The van der Waals surface area contributed by atoms with Crippen molar-refractivity contribution in [2.75, 3.05) is 19.0 Å². The Labute approximate surface area is 200 Å². The summed E-state index contributed by atoms with van der Waals surface area (Å²) in [7, 11) is 1.30. The predicted octanol–water partition coefficient (Wildman–Crippen LogP) is 0.831. The third kappa shape index (κ3) is 4.44. The highest BCUT2D eigenvalue weighted by Crippen LogP contribution is 2.42. The number of aromatic hydroxyl groups is 1. The Balaban J connectivity index is 1.43. The highest BCUT2D eigenvalue weighted by Gasteiger charge is 2.59. The number of hydrogen-bond donors (Lipinski definition) is 5. The minimum atomic E-state index is -3.88. The van der Waals surface area contributed by atoms with E-state index in [-0.39, 0.29) is 40.8 Å². The summed E-state index contributed by atoms with van der Waals surface area (Å²) in [6.45, 7) is -1.71. The Kier molecular flexibility index (Phi) is 6.81. The van der Waals surface area contributed by atoms with E-state index in [2.05, 4.69) is 10.3 Å². The molecule has 0 saturated carbocycles. The van der Waals surface area contributed by atoms with Crippen molar-refractivity contribution in [2.24, 2.45) is 0 Å². The number of phenols is 1. The lowest BCUT2D eigenvalue weighted by molar-refractivity contribution is -0.140. The van der Waals surface area contributed by atoms with Crippen LogP contribution in [0.5, 0.6) is 11.5 Å². The molecule has 15 heteroatoms. The van der Waals surface area contributed by atoms with Crippen LogP contribution in [0.3, 0.4) is 0 Å². The second-order valence-corrected chi connectivity index (χ2v) is 7.74. The number of aliphatic hydroxyl groups excluding tert-OH is 3. The smallest absolute Gasteiger partial charge is 0.413 e. The van der Waals surface area contributed by atoms with Gasteiger partial charge in [-0.1, -0.05) is 0 Å². The molecule has 0 bridgehead atoms. The van der Waals surface area contributed by atoms with Crippen molar-refractivity contribution in [3.8, 4) is 11.5 Å². The molecule has 1 aliphatic heterocycles. The minimum absolute atomic E-state index is 0.00772. The lowest BCUT2D eigenvalue weighted by Crippen LogP contribution is -2.41. The normalized spacial score (nSPS) is 21.0. The number of aromatic nitrogens is 2. The fourth-order valence-electron chi connectivity index (χ4n) is 3.69. The Morgan fingerprint density at radius 3 is 2.69 bits per heavy atom. The lowest BCUT2D eigenvalue weighted by atomic mass is 10.1. The standard InChI is InChI=1S/C21H21F2N3O10/c1-33-16-14(29)10(6-27)4-9-5-11(35-15(9)16)8-34-20(32)25-13-2-3-26(19(31)24-13)18-21(22,23)17(30)12(7-28)36-18/h2-5,12,17-18,27-30H,6-8H2,1H3,(H,24,25,31,32)/t12-,17-,18-/m1/s1. The minimum Gasteiger partial charge on any atom is -0.504 e. The predicted molar refractivity (Wildman–Crippen MR) is 115 cm³/mol. The van der Waals surface area contributed by atoms with Crippen LogP contribution in [0.25, 0.3) is 11.0 Å². The molecule has 1 amide bonds. The van der Waals surface area contributed by atoms with Crippen molar-refractivity contribution < 1.29 is 52.6 Å². The first-order valence-corrected chi connectivity index (χ1v) is 10.4. The van der Waals surface area contributed by atoms with Crippen molar-refractivity contribution in [3.63, 3.8) is 0 Å². The second kappa shape index (κ2) is 9.69. The van der Waals surface area contributed by atoms with Crippen LogP contribution in [0.4, 0.5) is 19.4 Å². The van der Waals surface area contributed by atoms with E-state index in [9.17, 15) is 33.7 Å². The number of carbonyl (C=O) groups is 1. The molecule has 3 heterocycles. The number of anilines is 1. The zero-order valence-corrected chi connectivity index (χ0v) is 18.6. The first kappa shape index (κ1) is 25.3. The Morgan fingerprint density at radius 2 is 2.08 bits per heavy atom. The van der Waals surface area contributed by atoms with Crippen LogP contribution in [-0.2, 0) is 22.7 Å². The monoisotopic (exact) mass is 513 g/mol. The van der Waals surface area contributed by atoms with Crippen LogP contribution in [0.15, 0.2) is 33.6 Å². The molecule has 194 valence electrons. The largest absolute Gasteiger partial charge is 0.504 e. The summed E-state index contributed by atoms with van der Waals surface area (Å²) in [5, 5.41) is 40.8. The number of nitrogens with zero attached hydrogens (tertiary/aromatic N) is 2. The first-order chi connectivity index (χ1) is 17.1. The van der Waals surface area contributed by atoms with Crippen LogP contribution in [0.2, 0.25) is 0 Å². The molecule has 1 saturated heterocycles. The Morgan fingerprint density at radius 1 is 1.33 bits per heavy atom. The summed E-state index contributed by atoms with van der Waals surface area (Å²) in [6, 6.07) is 4.00. The number of amides is 1. The number of hydrogen-bond acceptors (Lipinski definition) is 11. The van der Waals surface area contributed by atoms with Gasteiger partial charge in [-0.15, -0.1) is 0 Å². The molecule has 0 spiro atoms. The molecule has 2 aromatic heterocycles. The highest BCUT2D eigenvalue weighted by atomic mass is 19.3. The summed E-state index contributed by atoms with van der Waals surface area (Å²) in [5.41, 5.74) is -0.851. The molecule has 5 N–H and O–H groups in total. The van der Waals surface area contributed by atoms with Crippen LogP contribution >= 0.6 is 0 Å². The van der Waals surface area contributed by atoms with Crippen molar-refractivity contribution in [1.29, 1.82) is 0 Å². The summed E-state index contributed by atoms with van der Waals surface area (Å²) in [6.07, 6.45) is -6.30. The van der Waals surface area contributed by atoms with Gasteiger partial charge in [-0.05, 0) is 18.2 Å². The Hall–Kier alpha value is -3.79. The highest BCUT2D eigenvalue weighted by molar-refractivity contribution is 5.88. The van der Waals surface area contributed by atoms with Crippen LogP contribution in [0, 0.1) is 0 Å². The number of methoxy groups -OCH3 is 1. The molecule has 0 aliphatic carbocycles. The number of alkyl halides is 2. The zero-order valence-electron chi connectivity index (χ0n) is 18.6. The fraction of sp³-hybridized carbons (Fsp3) is 0.381. The third-order valence-electron chi connectivity index (χ3n) is 5.46. The summed E-state index contributed by atoms with van der Waals surface area (Å²) in [5.74, 6) is -4.34. The lowest BCUT2D eigenvalue weighted by Gasteiger charge is -2.21. The molecular weight excluding hydrogens is 492 g/mol. The van der Waals surface area contributed by atoms with E-state index >= 15 is 0 Å². The molecule has 36 heavy (non-hydrogen) atoms. The maximum Gasteiger partial charge on any atom is 0.413 e. The van der Waals surface area contributed by atoms with E-state index in [1.807, 2.05) is 0 Å². The molecule has 1 aliphatic rings. The molecule has 0 unspecified atom stereocenters. The number of furan rings is 1. The number of aliphatic hydroxyl groups is 3. The molecule has 3 atom stereocenters. The van der Waals surface area contributed by atoms with Gasteiger partial charge in [0.1, 0.15) is 17.7 Å². The second-order valence-electron chi connectivity index (χ2n) is 7.74. The number of halogens is 2. The van der Waals surface area contributed by atoms with E-state index in [4.69, 9.17) is 23.7 Å². The van der Waals surface area contributed by atoms with Gasteiger partial charge < -0.3 is 39.1 Å². The average Bonchev–Trinajstić information content (AvgIpc) is 3.35. The summed E-state index contributed by atoms with van der Waals surface area (Å²) in [4.78, 5) is 27.9. The van der Waals surface area contributed by atoms with Crippen molar-refractivity contribution >= 4 is 22.9 Å². The van der Waals surface area contributed by atoms with Gasteiger partial charge in [0.15, 0.2) is 24.0 Å². The quantitative estimate of drug-likeness (QED) is 0.301. The molecular formula is C21H21F2N3O10. The van der Waals surface area contributed by atoms with Crippen molar-refractivity contribution in [3.05, 3.63) is 46.2 Å².